The molecular weight excluding hydrogens is 533 g/mol. The fourth-order valence-corrected chi connectivity index (χ4v) is 5.41. The molecule has 0 fully saturated rings. The van der Waals surface area contributed by atoms with E-state index in [0.717, 1.165) is 40.5 Å². The van der Waals surface area contributed by atoms with E-state index in [-0.39, 0.29) is 36.5 Å². The molecule has 11 nitrogen and oxygen atoms in total. The van der Waals surface area contributed by atoms with Crippen LogP contribution in [0.25, 0.3) is 0 Å². The van der Waals surface area contributed by atoms with Gasteiger partial charge in [0, 0.05) is 38.0 Å². The number of hydrogen-bond acceptors (Lipinski definition) is 6. The fraction of sp³-hybridized carbons (Fsp3) is 0.348. The number of sulfonamides is 1. The summed E-state index contributed by atoms with van der Waals surface area (Å²) in [6, 6.07) is 6.47. The van der Waals surface area contributed by atoms with Crippen molar-refractivity contribution >= 4 is 33.4 Å². The van der Waals surface area contributed by atoms with Gasteiger partial charge in [-0.2, -0.15) is 13.2 Å². The lowest BCUT2D eigenvalue weighted by atomic mass is 9.86. The second-order valence-electron chi connectivity index (χ2n) is 8.55. The molecule has 2 amide bonds. The molecule has 204 valence electrons. The molecule has 0 aromatic heterocycles. The summed E-state index contributed by atoms with van der Waals surface area (Å²) < 4.78 is 65.6. The molecule has 15 heteroatoms. The van der Waals surface area contributed by atoms with Crippen LogP contribution in [0.1, 0.15) is 30.5 Å². The van der Waals surface area contributed by atoms with Crippen LogP contribution in [0.3, 0.4) is 0 Å². The van der Waals surface area contributed by atoms with Crippen molar-refractivity contribution in [2.24, 2.45) is 10.9 Å². The van der Waals surface area contributed by atoms with Crippen LogP contribution in [0.5, 0.6) is 0 Å². The minimum Gasteiger partial charge on any atom is -0.481 e. The van der Waals surface area contributed by atoms with Crippen LogP contribution in [0.15, 0.2) is 58.4 Å². The summed E-state index contributed by atoms with van der Waals surface area (Å²) in [7, 11) is -3.16. The fourth-order valence-electron chi connectivity index (χ4n) is 4.15. The number of nitro groups is 1. The minimum absolute atomic E-state index is 0.000464. The molecule has 0 spiro atoms. The molecule has 1 N–H and O–H groups in total. The van der Waals surface area contributed by atoms with Crippen molar-refractivity contribution in [1.82, 2.24) is 9.21 Å². The Morgan fingerprint density at radius 3 is 2.47 bits per heavy atom. The molecule has 0 aliphatic carbocycles. The number of non-ortho nitro benzene ring substituents is 1. The van der Waals surface area contributed by atoms with Gasteiger partial charge in [-0.25, -0.2) is 22.5 Å². The van der Waals surface area contributed by atoms with Crippen LogP contribution < -0.4 is 0 Å². The van der Waals surface area contributed by atoms with E-state index in [1.807, 2.05) is 0 Å². The Bertz CT molecular complexity index is 1400. The number of hydrogen-bond donors (Lipinski definition) is 1. The maximum atomic E-state index is 13.0. The number of aliphatic carboxylic acids is 1. The van der Waals surface area contributed by atoms with Crippen LogP contribution in [0.4, 0.5) is 23.7 Å². The number of alkyl halides is 3. The lowest BCUT2D eigenvalue weighted by molar-refractivity contribution is -0.385. The monoisotopic (exact) mass is 556 g/mol. The Kier molecular flexibility index (Phi) is 8.21. The van der Waals surface area contributed by atoms with Crippen molar-refractivity contribution < 1.29 is 41.2 Å². The van der Waals surface area contributed by atoms with E-state index in [9.17, 15) is 46.4 Å². The molecule has 1 heterocycles. The molecule has 2 unspecified atom stereocenters. The second-order valence-corrected chi connectivity index (χ2v) is 10.6. The molecule has 0 bridgehead atoms. The molecule has 2 aromatic rings. The predicted octanol–water partition coefficient (Wildman–Crippen LogP) is 3.96. The van der Waals surface area contributed by atoms with Gasteiger partial charge >= 0.3 is 18.2 Å². The van der Waals surface area contributed by atoms with Crippen molar-refractivity contribution in [3.63, 3.8) is 0 Å². The lowest BCUT2D eigenvalue weighted by Crippen LogP contribution is -2.47. The molecule has 1 aliphatic rings. The van der Waals surface area contributed by atoms with Gasteiger partial charge in [-0.3, -0.25) is 14.9 Å². The van der Waals surface area contributed by atoms with E-state index in [1.165, 1.54) is 25.1 Å². The highest BCUT2D eigenvalue weighted by Gasteiger charge is 2.42. The number of carbonyl (C=O) groups excluding carboxylic acids is 1. The molecule has 0 saturated carbocycles. The zero-order valence-corrected chi connectivity index (χ0v) is 20.9. The number of carbonyl (C=O) groups is 2. The average molecular weight is 557 g/mol. The van der Waals surface area contributed by atoms with Crippen molar-refractivity contribution in [2.75, 3.05) is 20.1 Å². The third-order valence-corrected chi connectivity index (χ3v) is 7.90. The molecule has 3 rings (SSSR count). The van der Waals surface area contributed by atoms with Gasteiger partial charge in [0.2, 0.25) is 10.0 Å². The quantitative estimate of drug-likeness (QED) is 0.363. The summed E-state index contributed by atoms with van der Waals surface area (Å²) in [4.78, 5) is 39.7. The summed E-state index contributed by atoms with van der Waals surface area (Å²) in [6.07, 6.45) is -4.77. The van der Waals surface area contributed by atoms with Crippen molar-refractivity contribution in [3.05, 3.63) is 69.8 Å². The number of rotatable bonds is 9. The third-order valence-electron chi connectivity index (χ3n) is 6.05. The van der Waals surface area contributed by atoms with Gasteiger partial charge in [-0.1, -0.05) is 18.2 Å². The first-order valence-electron chi connectivity index (χ1n) is 11.1. The van der Waals surface area contributed by atoms with Crippen molar-refractivity contribution in [2.45, 2.75) is 30.5 Å². The molecule has 0 radical (unpaired) electrons. The number of urea groups is 1. The van der Waals surface area contributed by atoms with Gasteiger partial charge < -0.3 is 10.0 Å². The normalized spacial score (nSPS) is 18.4. The van der Waals surface area contributed by atoms with Gasteiger partial charge in [0.15, 0.2) is 0 Å². The highest BCUT2D eigenvalue weighted by molar-refractivity contribution is 7.89. The van der Waals surface area contributed by atoms with Crippen molar-refractivity contribution in [3.8, 4) is 0 Å². The first-order valence-corrected chi connectivity index (χ1v) is 12.5. The Labute approximate surface area is 215 Å². The zero-order valence-electron chi connectivity index (χ0n) is 20.1. The van der Waals surface area contributed by atoms with E-state index in [1.54, 1.807) is 0 Å². The number of amides is 2. The first kappa shape index (κ1) is 28.7. The van der Waals surface area contributed by atoms with E-state index >= 15 is 0 Å². The summed E-state index contributed by atoms with van der Waals surface area (Å²) in [5, 5.41) is 21.1. The summed E-state index contributed by atoms with van der Waals surface area (Å²) in [5.74, 6) is -2.63. The highest BCUT2D eigenvalue weighted by Crippen LogP contribution is 2.36. The SMILES string of the molecule is CC1=NC(=O)N(CCCN(C)S(=O)(=O)c2cccc(C(F)(F)F)c2)C(c2cccc([N+](=O)[O-])c2)C1C(=O)O. The molecule has 2 aromatic carbocycles. The average Bonchev–Trinajstić information content (AvgIpc) is 2.84. The first-order chi connectivity index (χ1) is 17.6. The van der Waals surface area contributed by atoms with Gasteiger partial charge in [-0.05, 0) is 37.1 Å². The van der Waals surface area contributed by atoms with E-state index in [0.29, 0.717) is 6.07 Å². The number of halogens is 3. The Balaban J connectivity index is 1.85. The highest BCUT2D eigenvalue weighted by atomic mass is 32.2. The number of carboxylic acid groups (broad SMARTS) is 1. The molecule has 1 aliphatic heterocycles. The van der Waals surface area contributed by atoms with Crippen LogP contribution in [-0.4, -0.2) is 65.5 Å². The molecule has 38 heavy (non-hydrogen) atoms. The Hall–Kier alpha value is -3.85. The van der Waals surface area contributed by atoms with Gasteiger partial charge in [0.05, 0.1) is 21.4 Å². The number of nitro benzene ring substituents is 1. The number of aliphatic imine (C=N–C) groups is 1. The second kappa shape index (κ2) is 10.9. The summed E-state index contributed by atoms with van der Waals surface area (Å²) in [6.45, 7) is 0.938. The van der Waals surface area contributed by atoms with Crippen LogP contribution in [0.2, 0.25) is 0 Å². The number of carboxylic acids is 1. The summed E-state index contributed by atoms with van der Waals surface area (Å²) in [5.41, 5.74) is -1.26. The largest absolute Gasteiger partial charge is 0.481 e. The Morgan fingerprint density at radius 1 is 1.21 bits per heavy atom. The van der Waals surface area contributed by atoms with Crippen LogP contribution >= 0.6 is 0 Å². The minimum atomic E-state index is -4.74. The topological polar surface area (TPSA) is 150 Å². The molecular formula is C23H23F3N4O7S. The smallest absolute Gasteiger partial charge is 0.416 e. The number of nitrogens with zero attached hydrogens (tertiary/aromatic N) is 4. The number of benzene rings is 2. The van der Waals surface area contributed by atoms with E-state index < -0.39 is 55.5 Å². The van der Waals surface area contributed by atoms with E-state index in [4.69, 9.17) is 0 Å². The predicted molar refractivity (Wildman–Crippen MR) is 128 cm³/mol. The maximum Gasteiger partial charge on any atom is 0.416 e. The van der Waals surface area contributed by atoms with Crippen molar-refractivity contribution in [1.29, 1.82) is 0 Å². The van der Waals surface area contributed by atoms with Gasteiger partial charge in [0.1, 0.15) is 5.92 Å². The Morgan fingerprint density at radius 2 is 1.87 bits per heavy atom. The van der Waals surface area contributed by atoms with Crippen LogP contribution in [-0.2, 0) is 21.0 Å². The zero-order chi connectivity index (χ0) is 28.4. The van der Waals surface area contributed by atoms with Gasteiger partial charge in [-0.15, -0.1) is 0 Å². The lowest BCUT2D eigenvalue weighted by Gasteiger charge is -2.38. The standard InChI is InChI=1S/C23H23F3N4O7S/c1-14-19(21(31)32)20(15-6-3-8-17(12-15)30(34)35)29(22(33)27-14)11-5-10-28(2)38(36,37)18-9-4-7-16(13-18)23(24,25)26/h3-4,6-9,12-13,19-20H,5,10-11H2,1-2H3,(H,31,32). The molecule has 0 saturated heterocycles. The third kappa shape index (κ3) is 5.99. The van der Waals surface area contributed by atoms with E-state index in [2.05, 4.69) is 4.99 Å². The van der Waals surface area contributed by atoms with Gasteiger partial charge in [0.25, 0.3) is 5.69 Å². The maximum absolute atomic E-state index is 13.0. The van der Waals surface area contributed by atoms with Crippen LogP contribution in [0, 0.1) is 16.0 Å². The molecule has 2 atom stereocenters. The summed E-state index contributed by atoms with van der Waals surface area (Å²) >= 11 is 0.